The van der Waals surface area contributed by atoms with Crippen LogP contribution in [0.15, 0.2) is 0 Å². The van der Waals surface area contributed by atoms with Gasteiger partial charge in [0.05, 0.1) is 5.75 Å². The Morgan fingerprint density at radius 2 is 2.50 bits per heavy atom. The molecule has 1 fully saturated rings. The normalized spacial score (nSPS) is 17.3. The molecule has 0 atom stereocenters. The maximum absolute atomic E-state index is 10.8. The molecule has 0 aliphatic carbocycles. The van der Waals surface area contributed by atoms with Gasteiger partial charge in [0.2, 0.25) is 5.91 Å². The van der Waals surface area contributed by atoms with E-state index in [9.17, 15) is 9.59 Å². The maximum Gasteiger partial charge on any atom is 0.324 e. The standard InChI is InChI=1S/C5H8N2O2S/c8-4(3-10)7-2-1-6-5(7)9/h10H,1-3H2,(H,6,9). The van der Waals surface area contributed by atoms with E-state index in [2.05, 4.69) is 17.9 Å². The Bertz CT molecular complexity index is 171. The second-order valence-corrected chi connectivity index (χ2v) is 2.25. The number of hydrogen-bond donors (Lipinski definition) is 2. The highest BCUT2D eigenvalue weighted by atomic mass is 32.1. The van der Waals surface area contributed by atoms with Crippen LogP contribution < -0.4 is 5.32 Å². The Morgan fingerprint density at radius 3 is 2.90 bits per heavy atom. The summed E-state index contributed by atoms with van der Waals surface area (Å²) in [5, 5.41) is 2.52. The Balaban J connectivity index is 2.55. The average molecular weight is 160 g/mol. The van der Waals surface area contributed by atoms with Crippen molar-refractivity contribution >= 4 is 24.6 Å². The van der Waals surface area contributed by atoms with Crippen molar-refractivity contribution < 1.29 is 9.59 Å². The Hall–Kier alpha value is -0.710. The average Bonchev–Trinajstić information content (AvgIpc) is 2.34. The van der Waals surface area contributed by atoms with Gasteiger partial charge < -0.3 is 5.32 Å². The van der Waals surface area contributed by atoms with Crippen LogP contribution in [0.3, 0.4) is 0 Å². The van der Waals surface area contributed by atoms with Gasteiger partial charge in [-0.1, -0.05) is 0 Å². The SMILES string of the molecule is O=C(CS)N1CCNC1=O. The van der Waals surface area contributed by atoms with Crippen molar-refractivity contribution in [3.05, 3.63) is 0 Å². The molecule has 0 aromatic rings. The monoisotopic (exact) mass is 160 g/mol. The number of carbonyl (C=O) groups is 2. The molecular weight excluding hydrogens is 152 g/mol. The van der Waals surface area contributed by atoms with E-state index in [0.717, 1.165) is 4.90 Å². The first-order chi connectivity index (χ1) is 4.75. The summed E-state index contributed by atoms with van der Waals surface area (Å²) in [5.74, 6) is -0.147. The Kier molecular flexibility index (Phi) is 2.16. The van der Waals surface area contributed by atoms with Crippen molar-refractivity contribution in [1.29, 1.82) is 0 Å². The van der Waals surface area contributed by atoms with Gasteiger partial charge in [0.15, 0.2) is 0 Å². The maximum atomic E-state index is 10.8. The van der Waals surface area contributed by atoms with Crippen molar-refractivity contribution in [2.45, 2.75) is 0 Å². The lowest BCUT2D eigenvalue weighted by atomic mass is 10.5. The molecule has 1 aliphatic rings. The molecule has 0 aromatic carbocycles. The van der Waals surface area contributed by atoms with E-state index in [1.807, 2.05) is 0 Å². The van der Waals surface area contributed by atoms with Gasteiger partial charge in [0, 0.05) is 13.1 Å². The minimum atomic E-state index is -0.306. The van der Waals surface area contributed by atoms with E-state index in [1.54, 1.807) is 0 Å². The van der Waals surface area contributed by atoms with Crippen molar-refractivity contribution in [2.75, 3.05) is 18.8 Å². The highest BCUT2D eigenvalue weighted by Gasteiger charge is 2.24. The van der Waals surface area contributed by atoms with Gasteiger partial charge in [0.25, 0.3) is 0 Å². The molecule has 4 nitrogen and oxygen atoms in total. The van der Waals surface area contributed by atoms with Gasteiger partial charge >= 0.3 is 6.03 Å². The number of amides is 3. The summed E-state index contributed by atoms with van der Waals surface area (Å²) in [6.07, 6.45) is 0. The van der Waals surface area contributed by atoms with Gasteiger partial charge in [-0.15, -0.1) is 0 Å². The fourth-order valence-electron chi connectivity index (χ4n) is 0.795. The molecule has 0 unspecified atom stereocenters. The third kappa shape index (κ3) is 1.23. The number of hydrogen-bond acceptors (Lipinski definition) is 3. The summed E-state index contributed by atoms with van der Waals surface area (Å²) in [7, 11) is 0. The third-order valence-electron chi connectivity index (χ3n) is 1.29. The molecule has 0 aromatic heterocycles. The molecule has 0 saturated carbocycles. The molecule has 1 saturated heterocycles. The van der Waals surface area contributed by atoms with E-state index in [4.69, 9.17) is 0 Å². The number of urea groups is 1. The fourth-order valence-corrected chi connectivity index (χ4v) is 0.966. The molecule has 1 N–H and O–H groups in total. The second-order valence-electron chi connectivity index (χ2n) is 1.94. The van der Waals surface area contributed by atoms with Crippen LogP contribution in [0.1, 0.15) is 0 Å². The molecule has 1 aliphatic heterocycles. The summed E-state index contributed by atoms with van der Waals surface area (Å²) in [5.41, 5.74) is 0. The molecule has 0 spiro atoms. The topological polar surface area (TPSA) is 49.4 Å². The smallest absolute Gasteiger partial charge is 0.324 e. The lowest BCUT2D eigenvalue weighted by Crippen LogP contribution is -2.34. The highest BCUT2D eigenvalue weighted by Crippen LogP contribution is 1.97. The molecule has 0 radical (unpaired) electrons. The number of nitrogens with one attached hydrogen (secondary N) is 1. The summed E-state index contributed by atoms with van der Waals surface area (Å²) >= 11 is 3.76. The number of thiol groups is 1. The molecule has 3 amide bonds. The van der Waals surface area contributed by atoms with Gasteiger partial charge in [-0.25, -0.2) is 4.79 Å². The first-order valence-corrected chi connectivity index (χ1v) is 3.58. The number of rotatable bonds is 1. The number of imide groups is 1. The summed E-state index contributed by atoms with van der Waals surface area (Å²) in [6.45, 7) is 1.02. The van der Waals surface area contributed by atoms with Crippen LogP contribution in [-0.4, -0.2) is 35.7 Å². The highest BCUT2D eigenvalue weighted by molar-refractivity contribution is 7.81. The van der Waals surface area contributed by atoms with E-state index in [1.165, 1.54) is 0 Å². The van der Waals surface area contributed by atoms with Crippen LogP contribution in [0.5, 0.6) is 0 Å². The molecule has 10 heavy (non-hydrogen) atoms. The predicted molar refractivity (Wildman–Crippen MR) is 39.0 cm³/mol. The first kappa shape index (κ1) is 7.40. The second kappa shape index (κ2) is 2.92. The third-order valence-corrected chi connectivity index (χ3v) is 1.56. The summed E-state index contributed by atoms with van der Waals surface area (Å²) in [6, 6.07) is -0.306. The quantitative estimate of drug-likeness (QED) is 0.506. The summed E-state index contributed by atoms with van der Waals surface area (Å²) < 4.78 is 0. The lowest BCUT2D eigenvalue weighted by Gasteiger charge is -2.08. The van der Waals surface area contributed by atoms with Crippen LogP contribution >= 0.6 is 12.6 Å². The zero-order chi connectivity index (χ0) is 7.56. The molecule has 1 rings (SSSR count). The van der Waals surface area contributed by atoms with Crippen LogP contribution in [0.25, 0.3) is 0 Å². The fraction of sp³-hybridized carbons (Fsp3) is 0.600. The van der Waals surface area contributed by atoms with Crippen LogP contribution in [-0.2, 0) is 4.79 Å². The molecule has 1 heterocycles. The van der Waals surface area contributed by atoms with Crippen molar-refractivity contribution in [2.24, 2.45) is 0 Å². The minimum absolute atomic E-state index is 0.0907. The largest absolute Gasteiger partial charge is 0.336 e. The van der Waals surface area contributed by atoms with Crippen LogP contribution in [0.4, 0.5) is 4.79 Å². The van der Waals surface area contributed by atoms with E-state index < -0.39 is 0 Å². The lowest BCUT2D eigenvalue weighted by molar-refractivity contribution is -0.124. The van der Waals surface area contributed by atoms with Crippen LogP contribution in [0.2, 0.25) is 0 Å². The van der Waals surface area contributed by atoms with Gasteiger partial charge in [-0.3, -0.25) is 9.69 Å². The van der Waals surface area contributed by atoms with E-state index >= 15 is 0 Å². The van der Waals surface area contributed by atoms with Crippen molar-refractivity contribution in [3.8, 4) is 0 Å². The molecule has 0 bridgehead atoms. The minimum Gasteiger partial charge on any atom is -0.336 e. The number of carbonyl (C=O) groups excluding carboxylic acids is 2. The predicted octanol–water partition coefficient (Wildman–Crippen LogP) is -0.532. The van der Waals surface area contributed by atoms with Crippen LogP contribution in [0, 0.1) is 0 Å². The molecule has 56 valence electrons. The zero-order valence-electron chi connectivity index (χ0n) is 5.33. The molecule has 5 heteroatoms. The Morgan fingerprint density at radius 1 is 1.80 bits per heavy atom. The van der Waals surface area contributed by atoms with Gasteiger partial charge in [-0.2, -0.15) is 12.6 Å². The Labute approximate surface area is 64.0 Å². The molecular formula is C5H8N2O2S. The van der Waals surface area contributed by atoms with Gasteiger partial charge in [0.1, 0.15) is 0 Å². The van der Waals surface area contributed by atoms with Crippen molar-refractivity contribution in [1.82, 2.24) is 10.2 Å². The number of nitrogens with zero attached hydrogens (tertiary/aromatic N) is 1. The zero-order valence-corrected chi connectivity index (χ0v) is 6.23. The van der Waals surface area contributed by atoms with E-state index in [0.29, 0.717) is 13.1 Å². The van der Waals surface area contributed by atoms with E-state index in [-0.39, 0.29) is 17.7 Å². The van der Waals surface area contributed by atoms with Gasteiger partial charge in [-0.05, 0) is 0 Å². The summed E-state index contributed by atoms with van der Waals surface area (Å²) in [4.78, 5) is 22.7. The van der Waals surface area contributed by atoms with Crippen molar-refractivity contribution in [3.63, 3.8) is 0 Å². The first-order valence-electron chi connectivity index (χ1n) is 2.95.